The van der Waals surface area contributed by atoms with Gasteiger partial charge in [0.05, 0.1) is 16.2 Å². The highest BCUT2D eigenvalue weighted by Gasteiger charge is 2.10. The van der Waals surface area contributed by atoms with Gasteiger partial charge in [0.2, 0.25) is 0 Å². The van der Waals surface area contributed by atoms with Crippen molar-refractivity contribution in [3.05, 3.63) is 47.7 Å². The molecule has 1 aromatic carbocycles. The largest absolute Gasteiger partial charge is 0.361 e. The van der Waals surface area contributed by atoms with Gasteiger partial charge in [-0.25, -0.2) is 0 Å². The Kier molecular flexibility index (Phi) is 2.11. The zero-order valence-electron chi connectivity index (χ0n) is 8.31. The van der Waals surface area contributed by atoms with Crippen LogP contribution in [0.3, 0.4) is 0 Å². The fraction of sp³-hybridized carbons (Fsp3) is 0. The summed E-state index contributed by atoms with van der Waals surface area (Å²) in [6.07, 6.45) is 3.53. The fourth-order valence-corrected chi connectivity index (χ4v) is 2.04. The number of nitrogens with zero attached hydrogens (tertiary/aromatic N) is 2. The van der Waals surface area contributed by atoms with E-state index >= 15 is 0 Å². The minimum atomic E-state index is 0.676. The van der Waals surface area contributed by atoms with Crippen molar-refractivity contribution in [2.24, 2.45) is 0 Å². The SMILES string of the molecule is Clc1ccc2cc[nH]c2c1-c1cccnn1. The van der Waals surface area contributed by atoms with Crippen molar-refractivity contribution < 1.29 is 0 Å². The van der Waals surface area contributed by atoms with E-state index in [2.05, 4.69) is 15.2 Å². The number of nitrogens with one attached hydrogen (secondary N) is 1. The van der Waals surface area contributed by atoms with Crippen molar-refractivity contribution in [1.29, 1.82) is 0 Å². The lowest BCUT2D eigenvalue weighted by molar-refractivity contribution is 1.04. The third-order valence-corrected chi connectivity index (χ3v) is 2.82. The predicted octanol–water partition coefficient (Wildman–Crippen LogP) is 3.28. The molecule has 0 aliphatic heterocycles. The minimum absolute atomic E-state index is 0.676. The molecule has 0 fully saturated rings. The number of fused-ring (bicyclic) bond motifs is 1. The van der Waals surface area contributed by atoms with Gasteiger partial charge in [-0.15, -0.1) is 0 Å². The van der Waals surface area contributed by atoms with E-state index in [0.717, 1.165) is 22.2 Å². The zero-order chi connectivity index (χ0) is 11.0. The summed E-state index contributed by atoms with van der Waals surface area (Å²) >= 11 is 6.21. The van der Waals surface area contributed by atoms with Crippen LogP contribution in [0.15, 0.2) is 42.7 Å². The van der Waals surface area contributed by atoms with E-state index in [4.69, 9.17) is 11.6 Å². The van der Waals surface area contributed by atoms with Crippen molar-refractivity contribution in [3.63, 3.8) is 0 Å². The first-order valence-electron chi connectivity index (χ1n) is 4.90. The first-order chi connectivity index (χ1) is 7.86. The average molecular weight is 230 g/mol. The first kappa shape index (κ1) is 9.36. The summed E-state index contributed by atoms with van der Waals surface area (Å²) in [6.45, 7) is 0. The molecule has 2 aromatic heterocycles. The number of halogens is 1. The van der Waals surface area contributed by atoms with Gasteiger partial charge in [-0.2, -0.15) is 10.2 Å². The van der Waals surface area contributed by atoms with Gasteiger partial charge in [-0.3, -0.25) is 0 Å². The van der Waals surface area contributed by atoms with Gasteiger partial charge in [0.15, 0.2) is 0 Å². The highest BCUT2D eigenvalue weighted by molar-refractivity contribution is 6.34. The quantitative estimate of drug-likeness (QED) is 0.696. The van der Waals surface area contributed by atoms with Crippen molar-refractivity contribution in [3.8, 4) is 11.3 Å². The van der Waals surface area contributed by atoms with Gasteiger partial charge in [-0.1, -0.05) is 17.7 Å². The van der Waals surface area contributed by atoms with Crippen LogP contribution in [0.25, 0.3) is 22.2 Å². The Morgan fingerprint density at radius 2 is 2.06 bits per heavy atom. The van der Waals surface area contributed by atoms with Crippen molar-refractivity contribution >= 4 is 22.5 Å². The van der Waals surface area contributed by atoms with E-state index in [1.165, 1.54) is 0 Å². The maximum atomic E-state index is 6.21. The van der Waals surface area contributed by atoms with Gasteiger partial charge in [0.25, 0.3) is 0 Å². The molecule has 78 valence electrons. The molecule has 2 heterocycles. The Bertz CT molecular complexity index is 631. The van der Waals surface area contributed by atoms with Crippen LogP contribution in [0, 0.1) is 0 Å². The Balaban J connectivity index is 2.38. The molecule has 0 atom stereocenters. The summed E-state index contributed by atoms with van der Waals surface area (Å²) in [5.74, 6) is 0. The number of benzene rings is 1. The maximum absolute atomic E-state index is 6.21. The number of aromatic nitrogens is 3. The molecule has 0 saturated carbocycles. The van der Waals surface area contributed by atoms with E-state index in [0.29, 0.717) is 5.02 Å². The highest BCUT2D eigenvalue weighted by atomic mass is 35.5. The normalized spacial score (nSPS) is 10.8. The van der Waals surface area contributed by atoms with Crippen LogP contribution in [0.4, 0.5) is 0 Å². The average Bonchev–Trinajstić information content (AvgIpc) is 2.78. The summed E-state index contributed by atoms with van der Waals surface area (Å²) in [5, 5.41) is 9.75. The number of aromatic amines is 1. The van der Waals surface area contributed by atoms with E-state index < -0.39 is 0 Å². The number of hydrogen-bond donors (Lipinski definition) is 1. The minimum Gasteiger partial charge on any atom is -0.361 e. The Morgan fingerprint density at radius 1 is 1.12 bits per heavy atom. The standard InChI is InChI=1S/C12H8ClN3/c13-9-4-3-8-5-7-14-12(8)11(9)10-2-1-6-15-16-10/h1-7,14H. The predicted molar refractivity (Wildman–Crippen MR) is 64.3 cm³/mol. The Labute approximate surface area is 97.1 Å². The smallest absolute Gasteiger partial charge is 0.0965 e. The topological polar surface area (TPSA) is 41.6 Å². The van der Waals surface area contributed by atoms with Crippen LogP contribution in [0.5, 0.6) is 0 Å². The van der Waals surface area contributed by atoms with Crippen LogP contribution in [-0.4, -0.2) is 15.2 Å². The molecule has 0 saturated heterocycles. The molecular weight excluding hydrogens is 222 g/mol. The second-order valence-corrected chi connectivity index (χ2v) is 3.88. The van der Waals surface area contributed by atoms with Crippen molar-refractivity contribution in [2.75, 3.05) is 0 Å². The fourth-order valence-electron chi connectivity index (χ4n) is 1.79. The maximum Gasteiger partial charge on any atom is 0.0965 e. The molecule has 0 radical (unpaired) electrons. The van der Waals surface area contributed by atoms with Crippen LogP contribution in [-0.2, 0) is 0 Å². The lowest BCUT2D eigenvalue weighted by atomic mass is 10.1. The Hall–Kier alpha value is -1.87. The zero-order valence-corrected chi connectivity index (χ0v) is 9.07. The summed E-state index contributed by atoms with van der Waals surface area (Å²) in [5.41, 5.74) is 2.67. The van der Waals surface area contributed by atoms with Gasteiger partial charge >= 0.3 is 0 Å². The molecule has 0 aliphatic rings. The third kappa shape index (κ3) is 1.37. The van der Waals surface area contributed by atoms with E-state index in [9.17, 15) is 0 Å². The number of rotatable bonds is 1. The molecular formula is C12H8ClN3. The molecule has 0 aliphatic carbocycles. The number of hydrogen-bond acceptors (Lipinski definition) is 2. The lowest BCUT2D eigenvalue weighted by Gasteiger charge is -2.04. The number of H-pyrrole nitrogens is 1. The van der Waals surface area contributed by atoms with Gasteiger partial charge in [0, 0.05) is 23.3 Å². The molecule has 0 bridgehead atoms. The van der Waals surface area contributed by atoms with Gasteiger partial charge < -0.3 is 4.98 Å². The molecule has 1 N–H and O–H groups in total. The molecule has 0 unspecified atom stereocenters. The van der Waals surface area contributed by atoms with Crippen LogP contribution in [0.2, 0.25) is 5.02 Å². The third-order valence-electron chi connectivity index (χ3n) is 2.51. The monoisotopic (exact) mass is 229 g/mol. The molecule has 4 heteroatoms. The summed E-state index contributed by atoms with van der Waals surface area (Å²) in [7, 11) is 0. The van der Waals surface area contributed by atoms with Crippen LogP contribution < -0.4 is 0 Å². The van der Waals surface area contributed by atoms with Gasteiger partial charge in [0.1, 0.15) is 0 Å². The van der Waals surface area contributed by atoms with Crippen LogP contribution >= 0.6 is 11.6 Å². The first-order valence-corrected chi connectivity index (χ1v) is 5.28. The molecule has 16 heavy (non-hydrogen) atoms. The van der Waals surface area contributed by atoms with E-state index in [1.807, 2.05) is 36.5 Å². The molecule has 3 rings (SSSR count). The summed E-state index contributed by atoms with van der Waals surface area (Å²) in [4.78, 5) is 3.18. The van der Waals surface area contributed by atoms with E-state index in [-0.39, 0.29) is 0 Å². The second-order valence-electron chi connectivity index (χ2n) is 3.47. The molecule has 3 aromatic rings. The molecule has 0 spiro atoms. The van der Waals surface area contributed by atoms with E-state index in [1.54, 1.807) is 6.20 Å². The molecule has 3 nitrogen and oxygen atoms in total. The lowest BCUT2D eigenvalue weighted by Crippen LogP contribution is -1.88. The second kappa shape index (κ2) is 3.61. The molecule has 0 amide bonds. The highest BCUT2D eigenvalue weighted by Crippen LogP contribution is 2.32. The Morgan fingerprint density at radius 3 is 2.88 bits per heavy atom. The summed E-state index contributed by atoms with van der Waals surface area (Å²) < 4.78 is 0. The van der Waals surface area contributed by atoms with Gasteiger partial charge in [-0.05, 0) is 24.3 Å². The van der Waals surface area contributed by atoms with Crippen LogP contribution in [0.1, 0.15) is 0 Å². The van der Waals surface area contributed by atoms with Crippen molar-refractivity contribution in [1.82, 2.24) is 15.2 Å². The summed E-state index contributed by atoms with van der Waals surface area (Å²) in [6, 6.07) is 9.61. The van der Waals surface area contributed by atoms with Crippen molar-refractivity contribution in [2.45, 2.75) is 0 Å².